The van der Waals surface area contributed by atoms with Crippen molar-refractivity contribution < 1.29 is 20.1 Å². The van der Waals surface area contributed by atoms with Gasteiger partial charge in [-0.1, -0.05) is 12.2 Å². The topological polar surface area (TPSA) is 127 Å². The van der Waals surface area contributed by atoms with Crippen molar-refractivity contribution in [3.05, 3.63) is 79.9 Å². The van der Waals surface area contributed by atoms with Gasteiger partial charge in [0.1, 0.15) is 11.5 Å². The van der Waals surface area contributed by atoms with Crippen LogP contribution in [0.3, 0.4) is 0 Å². The summed E-state index contributed by atoms with van der Waals surface area (Å²) < 4.78 is 0. The van der Waals surface area contributed by atoms with E-state index in [0.717, 1.165) is 0 Å². The molecule has 0 amide bonds. The summed E-state index contributed by atoms with van der Waals surface area (Å²) in [5.41, 5.74) is 0.443. The van der Waals surface area contributed by atoms with Crippen molar-refractivity contribution in [3.63, 3.8) is 0 Å². The van der Waals surface area contributed by atoms with Crippen LogP contribution in [0.4, 0.5) is 11.4 Å². The van der Waals surface area contributed by atoms with Crippen molar-refractivity contribution in [2.45, 2.75) is 24.7 Å². The Labute approximate surface area is 148 Å². The minimum Gasteiger partial charge on any atom is -0.508 e. The molecule has 134 valence electrons. The van der Waals surface area contributed by atoms with E-state index in [9.17, 15) is 30.4 Å². The van der Waals surface area contributed by atoms with Gasteiger partial charge in [-0.15, -0.1) is 0 Å². The Bertz CT molecular complexity index is 909. The number of rotatable bonds is 4. The van der Waals surface area contributed by atoms with Gasteiger partial charge in [0, 0.05) is 41.3 Å². The number of hydrogen-bond acceptors (Lipinski definition) is 6. The van der Waals surface area contributed by atoms with Gasteiger partial charge in [-0.05, 0) is 30.9 Å². The largest absolute Gasteiger partial charge is 0.508 e. The molecule has 1 aliphatic rings. The lowest BCUT2D eigenvalue weighted by Crippen LogP contribution is -2.13. The zero-order valence-electron chi connectivity index (χ0n) is 13.6. The van der Waals surface area contributed by atoms with Crippen molar-refractivity contribution in [1.82, 2.24) is 0 Å². The first-order valence-electron chi connectivity index (χ1n) is 7.99. The van der Waals surface area contributed by atoms with E-state index in [2.05, 4.69) is 0 Å². The predicted octanol–water partition coefficient (Wildman–Crippen LogP) is 4.13. The molecule has 0 heterocycles. The van der Waals surface area contributed by atoms with E-state index in [-0.39, 0.29) is 28.8 Å². The van der Waals surface area contributed by atoms with E-state index in [0.29, 0.717) is 24.0 Å². The number of nitro benzene ring substituents is 2. The van der Waals surface area contributed by atoms with Crippen LogP contribution in [0.5, 0.6) is 11.5 Å². The fourth-order valence-electron chi connectivity index (χ4n) is 3.38. The van der Waals surface area contributed by atoms with Crippen LogP contribution in [0.15, 0.2) is 48.6 Å². The number of nitro groups is 2. The molecule has 0 unspecified atom stereocenters. The molecule has 0 bridgehead atoms. The molecule has 3 rings (SSSR count). The highest BCUT2D eigenvalue weighted by Crippen LogP contribution is 2.47. The molecule has 0 saturated carbocycles. The third kappa shape index (κ3) is 3.21. The lowest BCUT2D eigenvalue weighted by atomic mass is 9.75. The Kier molecular flexibility index (Phi) is 4.57. The number of aromatic hydroxyl groups is 2. The Morgan fingerprint density at radius 2 is 1.42 bits per heavy atom. The first-order chi connectivity index (χ1) is 12.4. The molecule has 0 aromatic heterocycles. The van der Waals surface area contributed by atoms with E-state index in [4.69, 9.17) is 0 Å². The smallest absolute Gasteiger partial charge is 0.269 e. The molecule has 26 heavy (non-hydrogen) atoms. The maximum atomic E-state index is 11.1. The average Bonchev–Trinajstić information content (AvgIpc) is 2.62. The quantitative estimate of drug-likeness (QED) is 0.482. The summed E-state index contributed by atoms with van der Waals surface area (Å²) in [6.07, 6.45) is 4.98. The van der Waals surface area contributed by atoms with Gasteiger partial charge < -0.3 is 10.2 Å². The Balaban J connectivity index is 2.10. The number of benzene rings is 2. The summed E-state index contributed by atoms with van der Waals surface area (Å²) in [6, 6.07) is 7.59. The van der Waals surface area contributed by atoms with Crippen LogP contribution in [0.25, 0.3) is 0 Å². The molecule has 1 aliphatic carbocycles. The lowest BCUT2D eigenvalue weighted by molar-refractivity contribution is -0.385. The fraction of sp³-hybridized carbons (Fsp3) is 0.222. The minimum absolute atomic E-state index is 0.0779. The highest BCUT2D eigenvalue weighted by Gasteiger charge is 2.31. The minimum atomic E-state index is -0.546. The van der Waals surface area contributed by atoms with Gasteiger partial charge >= 0.3 is 0 Å². The number of nitrogens with zero attached hydrogens (tertiary/aromatic N) is 2. The molecular formula is C18H16N2O6. The molecule has 8 nitrogen and oxygen atoms in total. The van der Waals surface area contributed by atoms with Crippen molar-refractivity contribution in [3.8, 4) is 11.5 Å². The van der Waals surface area contributed by atoms with E-state index in [1.807, 2.05) is 12.2 Å². The second-order valence-electron chi connectivity index (χ2n) is 6.14. The monoisotopic (exact) mass is 356 g/mol. The van der Waals surface area contributed by atoms with E-state index >= 15 is 0 Å². The normalized spacial score (nSPS) is 19.2. The molecule has 0 radical (unpaired) electrons. The molecule has 0 saturated heterocycles. The van der Waals surface area contributed by atoms with Gasteiger partial charge in [0.25, 0.3) is 11.4 Å². The molecular weight excluding hydrogens is 340 g/mol. The number of allylic oxidation sites excluding steroid dienone is 2. The molecule has 0 fully saturated rings. The van der Waals surface area contributed by atoms with Crippen LogP contribution < -0.4 is 0 Å². The third-order valence-electron chi connectivity index (χ3n) is 4.62. The Morgan fingerprint density at radius 1 is 0.885 bits per heavy atom. The second kappa shape index (κ2) is 6.83. The maximum Gasteiger partial charge on any atom is 0.269 e. The van der Waals surface area contributed by atoms with Crippen LogP contribution in [-0.2, 0) is 0 Å². The molecule has 0 aliphatic heterocycles. The third-order valence-corrected chi connectivity index (χ3v) is 4.62. The maximum absolute atomic E-state index is 11.1. The number of hydrogen-bond donors (Lipinski definition) is 2. The van der Waals surface area contributed by atoms with Crippen LogP contribution in [0.1, 0.15) is 35.8 Å². The summed E-state index contributed by atoms with van der Waals surface area (Å²) in [5, 5.41) is 42.6. The highest BCUT2D eigenvalue weighted by atomic mass is 16.6. The summed E-state index contributed by atoms with van der Waals surface area (Å²) >= 11 is 0. The van der Waals surface area contributed by atoms with Gasteiger partial charge in [0.05, 0.1) is 9.85 Å². The van der Waals surface area contributed by atoms with Crippen LogP contribution >= 0.6 is 0 Å². The standard InChI is InChI=1S/C18H16N2O6/c21-17-7-5-11(19(23)24)9-15(17)13-3-1-2-4-14(13)16-10-12(20(25)26)6-8-18(16)22/h1,3,5-10,13-14,21-22H,2,4H2/t13-,14-/m0/s1. The second-order valence-corrected chi connectivity index (χ2v) is 6.14. The molecule has 2 atom stereocenters. The molecule has 2 N–H and O–H groups in total. The highest BCUT2D eigenvalue weighted by molar-refractivity contribution is 5.51. The Morgan fingerprint density at radius 3 is 2.00 bits per heavy atom. The molecule has 8 heteroatoms. The van der Waals surface area contributed by atoms with E-state index in [1.54, 1.807) is 0 Å². The summed E-state index contributed by atoms with van der Waals surface area (Å²) in [5.74, 6) is -0.975. The Hall–Kier alpha value is -3.42. The summed E-state index contributed by atoms with van der Waals surface area (Å²) in [7, 11) is 0. The first kappa shape index (κ1) is 17.4. The molecule has 2 aromatic carbocycles. The van der Waals surface area contributed by atoms with E-state index in [1.165, 1.54) is 36.4 Å². The van der Waals surface area contributed by atoms with Crippen molar-refractivity contribution >= 4 is 11.4 Å². The molecule has 2 aromatic rings. The number of non-ortho nitro benzene ring substituents is 2. The van der Waals surface area contributed by atoms with E-state index < -0.39 is 15.8 Å². The first-order valence-corrected chi connectivity index (χ1v) is 7.99. The zero-order valence-corrected chi connectivity index (χ0v) is 13.6. The van der Waals surface area contributed by atoms with Gasteiger partial charge in [0.15, 0.2) is 0 Å². The summed E-state index contributed by atoms with van der Waals surface area (Å²) in [6.45, 7) is 0. The number of phenolic OH excluding ortho intramolecular Hbond substituents is 2. The SMILES string of the molecule is O=[N+]([O-])c1ccc(O)c([C@H]2C=CCC[C@@H]2c2cc([N+](=O)[O-])ccc2O)c1. The summed E-state index contributed by atoms with van der Waals surface area (Å²) in [4.78, 5) is 21.0. The molecule has 0 spiro atoms. The average molecular weight is 356 g/mol. The van der Waals surface area contributed by atoms with Crippen molar-refractivity contribution in [1.29, 1.82) is 0 Å². The van der Waals surface area contributed by atoms with Crippen molar-refractivity contribution in [2.75, 3.05) is 0 Å². The zero-order chi connectivity index (χ0) is 18.8. The fourth-order valence-corrected chi connectivity index (χ4v) is 3.38. The number of phenols is 2. The van der Waals surface area contributed by atoms with Gasteiger partial charge in [-0.3, -0.25) is 20.2 Å². The van der Waals surface area contributed by atoms with Gasteiger partial charge in [0.2, 0.25) is 0 Å². The van der Waals surface area contributed by atoms with Gasteiger partial charge in [-0.25, -0.2) is 0 Å². The lowest BCUT2D eigenvalue weighted by Gasteiger charge is -2.29. The van der Waals surface area contributed by atoms with Crippen LogP contribution in [0.2, 0.25) is 0 Å². The van der Waals surface area contributed by atoms with Crippen LogP contribution in [0, 0.1) is 20.2 Å². The van der Waals surface area contributed by atoms with Gasteiger partial charge in [-0.2, -0.15) is 0 Å². The van der Waals surface area contributed by atoms with Crippen LogP contribution in [-0.4, -0.2) is 20.1 Å². The van der Waals surface area contributed by atoms with Crippen molar-refractivity contribution in [2.24, 2.45) is 0 Å². The predicted molar refractivity (Wildman–Crippen MR) is 93.4 cm³/mol.